The number of carbonyl (C=O) groups excluding carboxylic acids is 1. The van der Waals surface area contributed by atoms with Gasteiger partial charge in [-0.05, 0) is 70.0 Å². The molecule has 3 heterocycles. The van der Waals surface area contributed by atoms with Gasteiger partial charge in [0.2, 0.25) is 0 Å². The highest BCUT2D eigenvalue weighted by Crippen LogP contribution is 2.36. The van der Waals surface area contributed by atoms with Crippen LogP contribution in [0.2, 0.25) is 0 Å². The summed E-state index contributed by atoms with van der Waals surface area (Å²) >= 11 is 1.71. The van der Waals surface area contributed by atoms with Gasteiger partial charge >= 0.3 is 0 Å². The average molecular weight is 356 g/mol. The number of nitrogens with zero attached hydrogens (tertiary/aromatic N) is 3. The van der Waals surface area contributed by atoms with Crippen LogP contribution in [0.25, 0.3) is 0 Å². The van der Waals surface area contributed by atoms with Gasteiger partial charge in [-0.1, -0.05) is 6.07 Å². The van der Waals surface area contributed by atoms with Crippen molar-refractivity contribution in [1.82, 2.24) is 14.8 Å². The van der Waals surface area contributed by atoms with Crippen LogP contribution in [-0.2, 0) is 19.4 Å². The lowest BCUT2D eigenvalue weighted by molar-refractivity contribution is 0.0737. The van der Waals surface area contributed by atoms with Crippen molar-refractivity contribution in [2.24, 2.45) is 0 Å². The molecule has 0 N–H and O–H groups in total. The van der Waals surface area contributed by atoms with E-state index in [-0.39, 0.29) is 11.9 Å². The fourth-order valence-electron chi connectivity index (χ4n) is 3.99. The first-order valence-corrected chi connectivity index (χ1v) is 9.96. The molecule has 5 heteroatoms. The van der Waals surface area contributed by atoms with Gasteiger partial charge in [-0.15, -0.1) is 11.3 Å². The lowest BCUT2D eigenvalue weighted by Gasteiger charge is -2.24. The van der Waals surface area contributed by atoms with Crippen LogP contribution in [0.15, 0.2) is 24.3 Å². The predicted octanol–water partition coefficient (Wildman–Crippen LogP) is 3.67. The van der Waals surface area contributed by atoms with E-state index >= 15 is 0 Å². The normalized spacial score (nSPS) is 19.6. The van der Waals surface area contributed by atoms with Gasteiger partial charge in [-0.3, -0.25) is 9.78 Å². The Morgan fingerprint density at radius 3 is 3.00 bits per heavy atom. The van der Waals surface area contributed by atoms with Gasteiger partial charge in [0, 0.05) is 18.0 Å². The molecule has 2 aliphatic rings. The molecule has 0 bridgehead atoms. The average Bonchev–Trinajstić information content (AvgIpc) is 3.29. The van der Waals surface area contributed by atoms with Gasteiger partial charge < -0.3 is 9.80 Å². The quantitative estimate of drug-likeness (QED) is 0.840. The zero-order valence-corrected chi connectivity index (χ0v) is 15.8. The SMILES string of the molecule is CN(C)Cc1cccc(C2CCCN2C(=O)c2cc3c(s2)CCC3)n1. The Labute approximate surface area is 153 Å². The van der Waals surface area contributed by atoms with Crippen molar-refractivity contribution in [2.75, 3.05) is 20.6 Å². The predicted molar refractivity (Wildman–Crippen MR) is 101 cm³/mol. The van der Waals surface area contributed by atoms with Gasteiger partial charge in [0.25, 0.3) is 5.91 Å². The second-order valence-corrected chi connectivity index (χ2v) is 8.50. The molecule has 132 valence electrons. The maximum absolute atomic E-state index is 13.1. The fourth-order valence-corrected chi connectivity index (χ4v) is 5.20. The van der Waals surface area contributed by atoms with Crippen molar-refractivity contribution < 1.29 is 4.79 Å². The van der Waals surface area contributed by atoms with Crippen molar-refractivity contribution in [2.45, 2.75) is 44.7 Å². The van der Waals surface area contributed by atoms with E-state index in [1.807, 2.05) is 4.90 Å². The number of rotatable bonds is 4. The number of hydrogen-bond donors (Lipinski definition) is 0. The van der Waals surface area contributed by atoms with Crippen LogP contribution < -0.4 is 0 Å². The molecule has 1 amide bonds. The smallest absolute Gasteiger partial charge is 0.264 e. The summed E-state index contributed by atoms with van der Waals surface area (Å²) < 4.78 is 0. The Morgan fingerprint density at radius 1 is 1.32 bits per heavy atom. The molecule has 1 atom stereocenters. The highest BCUT2D eigenvalue weighted by atomic mass is 32.1. The van der Waals surface area contributed by atoms with E-state index in [9.17, 15) is 4.79 Å². The van der Waals surface area contributed by atoms with Gasteiger partial charge in [0.05, 0.1) is 22.3 Å². The number of carbonyl (C=O) groups is 1. The summed E-state index contributed by atoms with van der Waals surface area (Å²) in [5.74, 6) is 0.196. The van der Waals surface area contributed by atoms with Crippen molar-refractivity contribution in [3.8, 4) is 0 Å². The second kappa shape index (κ2) is 6.89. The molecule has 0 aromatic carbocycles. The molecule has 2 aromatic heterocycles. The third-order valence-electron chi connectivity index (χ3n) is 5.12. The highest BCUT2D eigenvalue weighted by molar-refractivity contribution is 7.14. The molecule has 4 nitrogen and oxygen atoms in total. The van der Waals surface area contributed by atoms with Crippen LogP contribution in [-0.4, -0.2) is 41.3 Å². The summed E-state index contributed by atoms with van der Waals surface area (Å²) in [5.41, 5.74) is 3.50. The van der Waals surface area contributed by atoms with Crippen LogP contribution in [0.3, 0.4) is 0 Å². The zero-order valence-electron chi connectivity index (χ0n) is 15.0. The lowest BCUT2D eigenvalue weighted by Crippen LogP contribution is -2.30. The Bertz CT molecular complexity index is 761. The van der Waals surface area contributed by atoms with Crippen molar-refractivity contribution >= 4 is 17.2 Å². The Balaban J connectivity index is 1.56. The molecule has 2 aromatic rings. The van der Waals surface area contributed by atoms with Crippen molar-refractivity contribution in [3.05, 3.63) is 51.0 Å². The number of likely N-dealkylation sites (tertiary alicyclic amines) is 1. The highest BCUT2D eigenvalue weighted by Gasteiger charge is 2.33. The molecule has 1 aliphatic carbocycles. The molecule has 4 rings (SSSR count). The van der Waals surface area contributed by atoms with Crippen molar-refractivity contribution in [3.63, 3.8) is 0 Å². The molecule has 0 radical (unpaired) electrons. The van der Waals surface area contributed by atoms with Gasteiger partial charge in [-0.2, -0.15) is 0 Å². The summed E-state index contributed by atoms with van der Waals surface area (Å²) in [7, 11) is 4.10. The maximum atomic E-state index is 13.1. The Kier molecular flexibility index (Phi) is 4.61. The summed E-state index contributed by atoms with van der Waals surface area (Å²) in [4.78, 5) is 24.4. The maximum Gasteiger partial charge on any atom is 0.264 e. The Hall–Kier alpha value is -1.72. The molecule has 0 saturated carbocycles. The molecular weight excluding hydrogens is 330 g/mol. The minimum Gasteiger partial charge on any atom is -0.329 e. The largest absolute Gasteiger partial charge is 0.329 e. The van der Waals surface area contributed by atoms with Gasteiger partial charge in [-0.25, -0.2) is 0 Å². The molecule has 1 unspecified atom stereocenters. The van der Waals surface area contributed by atoms with Crippen molar-refractivity contribution in [1.29, 1.82) is 0 Å². The third kappa shape index (κ3) is 3.35. The standard InChI is InChI=1S/C20H25N3OS/c1-22(2)13-15-7-4-8-16(21-15)17-9-5-11-23(17)20(24)19-12-14-6-3-10-18(14)25-19/h4,7-8,12,17H,3,5-6,9-11,13H2,1-2H3. The number of aromatic nitrogens is 1. The molecule has 1 saturated heterocycles. The Morgan fingerprint density at radius 2 is 2.20 bits per heavy atom. The van der Waals surface area contributed by atoms with E-state index in [0.717, 1.165) is 55.0 Å². The molecule has 1 fully saturated rings. The zero-order chi connectivity index (χ0) is 17.4. The number of pyridine rings is 1. The van der Waals surface area contributed by atoms with Crippen LogP contribution in [0.5, 0.6) is 0 Å². The van der Waals surface area contributed by atoms with E-state index in [2.05, 4.69) is 43.3 Å². The van der Waals surface area contributed by atoms with Gasteiger partial charge in [0.1, 0.15) is 0 Å². The number of thiophene rings is 1. The summed E-state index contributed by atoms with van der Waals surface area (Å²) in [6, 6.07) is 8.47. The van der Waals surface area contributed by atoms with E-state index in [1.54, 1.807) is 11.3 Å². The molecule has 1 aliphatic heterocycles. The number of hydrogen-bond acceptors (Lipinski definition) is 4. The third-order valence-corrected chi connectivity index (χ3v) is 6.34. The second-order valence-electron chi connectivity index (χ2n) is 7.36. The number of amides is 1. The molecule has 25 heavy (non-hydrogen) atoms. The monoisotopic (exact) mass is 355 g/mol. The lowest BCUT2D eigenvalue weighted by atomic mass is 10.1. The number of fused-ring (bicyclic) bond motifs is 1. The summed E-state index contributed by atoms with van der Waals surface area (Å²) in [5, 5.41) is 0. The first-order chi connectivity index (χ1) is 12.1. The molecule has 0 spiro atoms. The number of aryl methyl sites for hydroxylation is 2. The molecular formula is C20H25N3OS. The van der Waals surface area contributed by atoms with E-state index in [4.69, 9.17) is 4.98 Å². The minimum absolute atomic E-state index is 0.117. The first kappa shape index (κ1) is 16.7. The topological polar surface area (TPSA) is 36.4 Å². The van der Waals surface area contributed by atoms with Crippen LogP contribution in [0.1, 0.15) is 56.8 Å². The first-order valence-electron chi connectivity index (χ1n) is 9.15. The van der Waals surface area contributed by atoms with Gasteiger partial charge in [0.15, 0.2) is 0 Å². The summed E-state index contributed by atoms with van der Waals surface area (Å²) in [6.07, 6.45) is 5.59. The van der Waals surface area contributed by atoms with Crippen LogP contribution in [0.4, 0.5) is 0 Å². The van der Waals surface area contributed by atoms with Crippen LogP contribution in [0, 0.1) is 0 Å². The van der Waals surface area contributed by atoms with E-state index < -0.39 is 0 Å². The van der Waals surface area contributed by atoms with Crippen LogP contribution >= 0.6 is 11.3 Å². The fraction of sp³-hybridized carbons (Fsp3) is 0.500. The minimum atomic E-state index is 0.117. The van der Waals surface area contributed by atoms with E-state index in [1.165, 1.54) is 16.9 Å². The van der Waals surface area contributed by atoms with E-state index in [0.29, 0.717) is 0 Å². The summed E-state index contributed by atoms with van der Waals surface area (Å²) in [6.45, 7) is 1.66.